The number of aryl methyl sites for hydroxylation is 1. The topological polar surface area (TPSA) is 90.5 Å². The van der Waals surface area contributed by atoms with Crippen molar-refractivity contribution in [3.05, 3.63) is 73.1 Å². The van der Waals surface area contributed by atoms with Gasteiger partial charge in [0.2, 0.25) is 11.7 Å². The fourth-order valence-electron chi connectivity index (χ4n) is 2.79. The number of nitrogens with one attached hydrogen (secondary N) is 1. The van der Waals surface area contributed by atoms with Gasteiger partial charge >= 0.3 is 0 Å². The van der Waals surface area contributed by atoms with E-state index in [4.69, 9.17) is 0 Å². The third-order valence-electron chi connectivity index (χ3n) is 4.15. The number of nitrogens with zero attached hydrogens (tertiary/aromatic N) is 6. The number of hydrogen-bond acceptors (Lipinski definition) is 5. The molecule has 2 aromatic carbocycles. The van der Waals surface area contributed by atoms with E-state index in [-0.39, 0.29) is 5.91 Å². The Kier molecular flexibility index (Phi) is 5.19. The molecule has 0 fully saturated rings. The molecule has 0 radical (unpaired) electrons. The molecular weight excluding hydrogens is 354 g/mol. The number of carbonyl (C=O) groups excluding carboxylic acids is 1. The van der Waals surface area contributed by atoms with E-state index in [0.717, 1.165) is 16.9 Å². The summed E-state index contributed by atoms with van der Waals surface area (Å²) in [7, 11) is 0. The first-order chi connectivity index (χ1) is 13.8. The Balaban J connectivity index is 1.29. The predicted octanol–water partition coefficient (Wildman–Crippen LogP) is 2.94. The lowest BCUT2D eigenvalue weighted by atomic mass is 10.2. The molecule has 2 heterocycles. The van der Waals surface area contributed by atoms with Gasteiger partial charge in [0.25, 0.3) is 0 Å². The van der Waals surface area contributed by atoms with Gasteiger partial charge in [-0.25, -0.2) is 4.68 Å². The van der Waals surface area contributed by atoms with E-state index in [1.807, 2.05) is 66.9 Å². The van der Waals surface area contributed by atoms with Crippen LogP contribution in [0.25, 0.3) is 17.1 Å². The summed E-state index contributed by atoms with van der Waals surface area (Å²) in [6, 6.07) is 19.1. The zero-order valence-corrected chi connectivity index (χ0v) is 15.1. The van der Waals surface area contributed by atoms with Gasteiger partial charge in [-0.1, -0.05) is 36.4 Å². The first-order valence-corrected chi connectivity index (χ1v) is 9.01. The molecule has 0 unspecified atom stereocenters. The summed E-state index contributed by atoms with van der Waals surface area (Å²) >= 11 is 0. The van der Waals surface area contributed by atoms with Crippen LogP contribution < -0.4 is 5.32 Å². The highest BCUT2D eigenvalue weighted by Crippen LogP contribution is 2.15. The Morgan fingerprint density at radius 1 is 1.04 bits per heavy atom. The van der Waals surface area contributed by atoms with Gasteiger partial charge in [0.15, 0.2) is 0 Å². The molecule has 0 aliphatic rings. The van der Waals surface area contributed by atoms with E-state index >= 15 is 0 Å². The Hall–Kier alpha value is -3.81. The van der Waals surface area contributed by atoms with Gasteiger partial charge in [-0.05, 0) is 35.9 Å². The summed E-state index contributed by atoms with van der Waals surface area (Å²) in [6.07, 6.45) is 4.56. The second-order valence-electron chi connectivity index (χ2n) is 6.23. The highest BCUT2D eigenvalue weighted by molar-refractivity contribution is 5.90. The molecule has 0 bridgehead atoms. The highest BCUT2D eigenvalue weighted by Gasteiger charge is 2.07. The van der Waals surface area contributed by atoms with Gasteiger partial charge < -0.3 is 5.32 Å². The first-order valence-electron chi connectivity index (χ1n) is 9.01. The lowest BCUT2D eigenvalue weighted by Gasteiger charge is -2.07. The Bertz CT molecular complexity index is 1040. The van der Waals surface area contributed by atoms with E-state index in [1.54, 1.807) is 10.9 Å². The average Bonchev–Trinajstić information content (AvgIpc) is 3.41. The maximum Gasteiger partial charge on any atom is 0.224 e. The number of aromatic nitrogens is 6. The zero-order valence-electron chi connectivity index (χ0n) is 15.1. The van der Waals surface area contributed by atoms with Gasteiger partial charge in [-0.15, -0.1) is 10.2 Å². The number of rotatable bonds is 7. The Morgan fingerprint density at radius 2 is 1.93 bits per heavy atom. The highest BCUT2D eigenvalue weighted by atomic mass is 16.1. The molecule has 0 saturated heterocycles. The summed E-state index contributed by atoms with van der Waals surface area (Å²) < 4.78 is 1.75. The van der Waals surface area contributed by atoms with E-state index in [9.17, 15) is 4.79 Å². The molecule has 8 heteroatoms. The van der Waals surface area contributed by atoms with E-state index in [0.29, 0.717) is 25.2 Å². The van der Waals surface area contributed by atoms with Crippen LogP contribution in [0.5, 0.6) is 0 Å². The second kappa shape index (κ2) is 8.26. The van der Waals surface area contributed by atoms with Crippen LogP contribution in [0.4, 0.5) is 5.69 Å². The number of tetrazole rings is 1. The lowest BCUT2D eigenvalue weighted by molar-refractivity contribution is -0.116. The van der Waals surface area contributed by atoms with Crippen molar-refractivity contribution in [2.45, 2.75) is 19.4 Å². The molecule has 1 amide bonds. The van der Waals surface area contributed by atoms with Crippen molar-refractivity contribution in [1.29, 1.82) is 0 Å². The molecule has 0 aliphatic carbocycles. The minimum Gasteiger partial charge on any atom is -0.326 e. The molecule has 4 rings (SSSR count). The molecule has 140 valence electrons. The Labute approximate surface area is 161 Å². The van der Waals surface area contributed by atoms with Crippen LogP contribution in [-0.2, 0) is 11.3 Å². The molecule has 28 heavy (non-hydrogen) atoms. The van der Waals surface area contributed by atoms with Gasteiger partial charge in [0.1, 0.15) is 0 Å². The number of benzene rings is 2. The fourth-order valence-corrected chi connectivity index (χ4v) is 2.79. The van der Waals surface area contributed by atoms with Crippen LogP contribution in [0, 0.1) is 0 Å². The van der Waals surface area contributed by atoms with Crippen LogP contribution >= 0.6 is 0 Å². The summed E-state index contributed by atoms with van der Waals surface area (Å²) in [5.74, 6) is 0.529. The average molecular weight is 373 g/mol. The van der Waals surface area contributed by atoms with Crippen LogP contribution in [0.1, 0.15) is 12.8 Å². The molecule has 2 aromatic heterocycles. The van der Waals surface area contributed by atoms with Gasteiger partial charge in [0.05, 0.1) is 12.2 Å². The number of anilines is 1. The lowest BCUT2D eigenvalue weighted by Crippen LogP contribution is -2.13. The van der Waals surface area contributed by atoms with Gasteiger partial charge in [-0.2, -0.15) is 9.90 Å². The summed E-state index contributed by atoms with van der Waals surface area (Å²) in [5, 5.41) is 19.6. The third kappa shape index (κ3) is 4.29. The molecule has 0 atom stereocenters. The van der Waals surface area contributed by atoms with Gasteiger partial charge in [-0.3, -0.25) is 4.79 Å². The number of hydrogen-bond donors (Lipinski definition) is 1. The van der Waals surface area contributed by atoms with E-state index < -0.39 is 0 Å². The van der Waals surface area contributed by atoms with Crippen molar-refractivity contribution >= 4 is 11.6 Å². The second-order valence-corrected chi connectivity index (χ2v) is 6.23. The predicted molar refractivity (Wildman–Crippen MR) is 105 cm³/mol. The maximum atomic E-state index is 12.2. The van der Waals surface area contributed by atoms with E-state index in [1.165, 1.54) is 4.80 Å². The Morgan fingerprint density at radius 3 is 2.75 bits per heavy atom. The zero-order chi connectivity index (χ0) is 19.2. The fraction of sp³-hybridized carbons (Fsp3) is 0.150. The minimum atomic E-state index is -0.0546. The van der Waals surface area contributed by atoms with Crippen molar-refractivity contribution in [1.82, 2.24) is 30.0 Å². The molecule has 4 aromatic rings. The monoisotopic (exact) mass is 373 g/mol. The normalized spacial score (nSPS) is 10.7. The molecule has 1 N–H and O–H groups in total. The van der Waals surface area contributed by atoms with Gasteiger partial charge in [0, 0.05) is 30.1 Å². The smallest absolute Gasteiger partial charge is 0.224 e. The van der Waals surface area contributed by atoms with Crippen molar-refractivity contribution in [3.8, 4) is 17.1 Å². The van der Waals surface area contributed by atoms with Crippen LogP contribution in [-0.4, -0.2) is 35.9 Å². The molecule has 0 spiro atoms. The maximum absolute atomic E-state index is 12.2. The molecule has 0 saturated carbocycles. The molecular formula is C20H19N7O. The van der Waals surface area contributed by atoms with Crippen molar-refractivity contribution < 1.29 is 4.79 Å². The summed E-state index contributed by atoms with van der Waals surface area (Å²) in [5.41, 5.74) is 2.55. The van der Waals surface area contributed by atoms with Crippen LogP contribution in [0.15, 0.2) is 73.1 Å². The number of amides is 1. The van der Waals surface area contributed by atoms with Crippen LogP contribution in [0.2, 0.25) is 0 Å². The summed E-state index contributed by atoms with van der Waals surface area (Å²) in [4.78, 5) is 13.7. The third-order valence-corrected chi connectivity index (χ3v) is 4.15. The largest absolute Gasteiger partial charge is 0.326 e. The van der Waals surface area contributed by atoms with E-state index in [2.05, 4.69) is 25.8 Å². The SMILES string of the molecule is O=C(CCCn1nnc(-c2ccccc2)n1)Nc1cccc(-n2cccn2)c1. The molecule has 0 aliphatic heterocycles. The number of carbonyl (C=O) groups is 1. The quantitative estimate of drug-likeness (QED) is 0.538. The van der Waals surface area contributed by atoms with Crippen molar-refractivity contribution in [2.24, 2.45) is 0 Å². The van der Waals surface area contributed by atoms with Crippen molar-refractivity contribution in [2.75, 3.05) is 5.32 Å². The first kappa shape index (κ1) is 17.6. The van der Waals surface area contributed by atoms with Crippen LogP contribution in [0.3, 0.4) is 0 Å². The minimum absolute atomic E-state index is 0.0546. The summed E-state index contributed by atoms with van der Waals surface area (Å²) in [6.45, 7) is 0.528. The standard InChI is InChI=1S/C20H19N7O/c28-19(22-17-9-4-10-18(15-17)26-13-6-12-21-26)11-5-14-27-24-20(23-25-27)16-7-2-1-3-8-16/h1-4,6-10,12-13,15H,5,11,14H2,(H,22,28). The van der Waals surface area contributed by atoms with Crippen molar-refractivity contribution in [3.63, 3.8) is 0 Å². The molecule has 8 nitrogen and oxygen atoms in total.